The highest BCUT2D eigenvalue weighted by molar-refractivity contribution is 5.86. The third-order valence-electron chi connectivity index (χ3n) is 2.46. The zero-order valence-corrected chi connectivity index (χ0v) is 10.6. The molecule has 0 aliphatic carbocycles. The molecule has 0 aliphatic heterocycles. The lowest BCUT2D eigenvalue weighted by Crippen LogP contribution is -2.06. The van der Waals surface area contributed by atoms with Crippen LogP contribution < -0.4 is 10.5 Å². The van der Waals surface area contributed by atoms with Gasteiger partial charge in [-0.15, -0.1) is 0 Å². The highest BCUT2D eigenvalue weighted by atomic mass is 16.5. The second-order valence-corrected chi connectivity index (χ2v) is 3.83. The Bertz CT molecular complexity index is 594. The topological polar surface area (TPSA) is 87.3 Å². The fourth-order valence-corrected chi connectivity index (χ4v) is 1.52. The van der Waals surface area contributed by atoms with Crippen LogP contribution in [0.3, 0.4) is 0 Å². The van der Waals surface area contributed by atoms with E-state index in [0.717, 1.165) is 5.56 Å². The first-order valence-corrected chi connectivity index (χ1v) is 5.55. The van der Waals surface area contributed by atoms with Gasteiger partial charge in [0.25, 0.3) is 0 Å². The first kappa shape index (κ1) is 12.8. The number of aromatic nitrogens is 2. The molecule has 0 unspecified atom stereocenters. The second kappa shape index (κ2) is 5.34. The molecule has 0 radical (unpaired) electrons. The van der Waals surface area contributed by atoms with E-state index in [1.54, 1.807) is 6.07 Å². The van der Waals surface area contributed by atoms with Gasteiger partial charge in [-0.2, -0.15) is 0 Å². The van der Waals surface area contributed by atoms with E-state index in [4.69, 9.17) is 10.5 Å². The summed E-state index contributed by atoms with van der Waals surface area (Å²) in [5, 5.41) is 0. The number of nitrogens with zero attached hydrogens (tertiary/aromatic N) is 2. The van der Waals surface area contributed by atoms with E-state index in [9.17, 15) is 4.79 Å². The molecule has 1 aromatic heterocycles. The lowest BCUT2D eigenvalue weighted by molar-refractivity contribution is 0.0592. The molecule has 98 valence electrons. The summed E-state index contributed by atoms with van der Waals surface area (Å²) in [6, 6.07) is 5.41. The van der Waals surface area contributed by atoms with Gasteiger partial charge in [-0.25, -0.2) is 9.78 Å². The quantitative estimate of drug-likeness (QED) is 0.669. The van der Waals surface area contributed by atoms with Gasteiger partial charge in [0.15, 0.2) is 11.4 Å². The number of hydrogen-bond donors (Lipinski definition) is 1. The number of esters is 1. The number of methoxy groups -OCH3 is 1. The number of nitrogen functional groups attached to an aromatic ring is 1. The summed E-state index contributed by atoms with van der Waals surface area (Å²) in [7, 11) is 1.27. The average Bonchev–Trinajstić information content (AvgIpc) is 2.42. The molecule has 1 aromatic carbocycles. The number of rotatable bonds is 3. The Morgan fingerprint density at radius 3 is 2.79 bits per heavy atom. The van der Waals surface area contributed by atoms with Crippen LogP contribution in [0, 0.1) is 6.92 Å². The Balaban J connectivity index is 2.31. The summed E-state index contributed by atoms with van der Waals surface area (Å²) in [6.07, 6.45) is 2.71. The maximum Gasteiger partial charge on any atom is 0.358 e. The fraction of sp³-hybridized carbons (Fsp3) is 0.154. The Morgan fingerprint density at radius 1 is 1.32 bits per heavy atom. The van der Waals surface area contributed by atoms with Gasteiger partial charge in [0.2, 0.25) is 5.88 Å². The van der Waals surface area contributed by atoms with Gasteiger partial charge in [-0.1, -0.05) is 12.1 Å². The highest BCUT2D eigenvalue weighted by Crippen LogP contribution is 2.29. The monoisotopic (exact) mass is 259 g/mol. The minimum Gasteiger partial charge on any atom is -0.464 e. The summed E-state index contributed by atoms with van der Waals surface area (Å²) in [6.45, 7) is 1.86. The molecule has 19 heavy (non-hydrogen) atoms. The van der Waals surface area contributed by atoms with E-state index in [1.807, 2.05) is 19.1 Å². The van der Waals surface area contributed by atoms with Crippen LogP contribution in [0.4, 0.5) is 5.69 Å². The van der Waals surface area contributed by atoms with Crippen molar-refractivity contribution in [3.63, 3.8) is 0 Å². The molecule has 2 rings (SSSR count). The van der Waals surface area contributed by atoms with Crippen LogP contribution in [0.15, 0.2) is 30.6 Å². The number of aryl methyl sites for hydroxylation is 1. The van der Waals surface area contributed by atoms with Gasteiger partial charge in [-0.3, -0.25) is 4.98 Å². The summed E-state index contributed by atoms with van der Waals surface area (Å²) >= 11 is 0. The third kappa shape index (κ3) is 2.79. The summed E-state index contributed by atoms with van der Waals surface area (Å²) < 4.78 is 10.1. The lowest BCUT2D eigenvalue weighted by atomic mass is 10.2. The standard InChI is InChI=1S/C13H13N3O3/c1-8-4-3-5-9(14)12(8)19-11-7-15-6-10(16-11)13(17)18-2/h3-7H,14H2,1-2H3. The van der Waals surface area contributed by atoms with Crippen molar-refractivity contribution in [2.24, 2.45) is 0 Å². The van der Waals surface area contributed by atoms with Crippen LogP contribution in [0.2, 0.25) is 0 Å². The fourth-order valence-electron chi connectivity index (χ4n) is 1.52. The molecule has 2 N–H and O–H groups in total. The number of benzene rings is 1. The zero-order chi connectivity index (χ0) is 13.8. The van der Waals surface area contributed by atoms with E-state index in [-0.39, 0.29) is 11.6 Å². The number of carbonyl (C=O) groups is 1. The number of para-hydroxylation sites is 1. The van der Waals surface area contributed by atoms with Gasteiger partial charge in [0.1, 0.15) is 0 Å². The van der Waals surface area contributed by atoms with Crippen LogP contribution in [-0.2, 0) is 4.74 Å². The molecule has 0 saturated heterocycles. The lowest BCUT2D eigenvalue weighted by Gasteiger charge is -2.10. The molecule has 0 atom stereocenters. The van der Waals surface area contributed by atoms with Gasteiger partial charge >= 0.3 is 5.97 Å². The first-order valence-electron chi connectivity index (χ1n) is 5.55. The average molecular weight is 259 g/mol. The van der Waals surface area contributed by atoms with Gasteiger partial charge in [0, 0.05) is 0 Å². The molecule has 0 spiro atoms. The molecular weight excluding hydrogens is 246 g/mol. The van der Waals surface area contributed by atoms with Crippen LogP contribution in [0.1, 0.15) is 16.1 Å². The number of nitrogens with two attached hydrogens (primary N) is 1. The number of ether oxygens (including phenoxy) is 2. The largest absolute Gasteiger partial charge is 0.464 e. The number of hydrogen-bond acceptors (Lipinski definition) is 6. The smallest absolute Gasteiger partial charge is 0.358 e. The maximum atomic E-state index is 11.3. The van der Waals surface area contributed by atoms with E-state index < -0.39 is 5.97 Å². The Kier molecular flexibility index (Phi) is 3.61. The van der Waals surface area contributed by atoms with Crippen molar-refractivity contribution in [2.75, 3.05) is 12.8 Å². The van der Waals surface area contributed by atoms with Crippen molar-refractivity contribution in [3.05, 3.63) is 41.9 Å². The van der Waals surface area contributed by atoms with E-state index in [2.05, 4.69) is 14.7 Å². The summed E-state index contributed by atoms with van der Waals surface area (Å²) in [4.78, 5) is 19.2. The normalized spacial score (nSPS) is 10.0. The van der Waals surface area contributed by atoms with E-state index in [1.165, 1.54) is 19.5 Å². The van der Waals surface area contributed by atoms with Gasteiger partial charge in [0.05, 0.1) is 25.2 Å². The van der Waals surface area contributed by atoms with Crippen molar-refractivity contribution >= 4 is 11.7 Å². The van der Waals surface area contributed by atoms with Crippen molar-refractivity contribution in [1.82, 2.24) is 9.97 Å². The highest BCUT2D eigenvalue weighted by Gasteiger charge is 2.11. The van der Waals surface area contributed by atoms with Gasteiger partial charge in [-0.05, 0) is 18.6 Å². The van der Waals surface area contributed by atoms with Crippen molar-refractivity contribution in [2.45, 2.75) is 6.92 Å². The summed E-state index contributed by atoms with van der Waals surface area (Å²) in [5.74, 6) is 0.110. The Hall–Kier alpha value is -2.63. The SMILES string of the molecule is COC(=O)c1cncc(Oc2c(C)cccc2N)n1. The molecule has 0 amide bonds. The molecule has 0 bridgehead atoms. The van der Waals surface area contributed by atoms with Crippen molar-refractivity contribution in [1.29, 1.82) is 0 Å². The molecule has 6 heteroatoms. The molecule has 1 heterocycles. The predicted molar refractivity (Wildman–Crippen MR) is 69.0 cm³/mol. The third-order valence-corrected chi connectivity index (χ3v) is 2.46. The first-order chi connectivity index (χ1) is 9.11. The van der Waals surface area contributed by atoms with Crippen LogP contribution in [0.25, 0.3) is 0 Å². The van der Waals surface area contributed by atoms with Crippen LogP contribution in [0.5, 0.6) is 11.6 Å². The maximum absolute atomic E-state index is 11.3. The van der Waals surface area contributed by atoms with Crippen molar-refractivity contribution in [3.8, 4) is 11.6 Å². The van der Waals surface area contributed by atoms with Gasteiger partial charge < -0.3 is 15.2 Å². The van der Waals surface area contributed by atoms with Crippen molar-refractivity contribution < 1.29 is 14.3 Å². The Labute approximate surface area is 110 Å². The summed E-state index contributed by atoms with van der Waals surface area (Å²) in [5.41, 5.74) is 7.26. The number of anilines is 1. The van der Waals surface area contributed by atoms with E-state index in [0.29, 0.717) is 11.4 Å². The van der Waals surface area contributed by atoms with E-state index >= 15 is 0 Å². The molecule has 0 aliphatic rings. The molecule has 6 nitrogen and oxygen atoms in total. The van der Waals surface area contributed by atoms with Crippen LogP contribution >= 0.6 is 0 Å². The zero-order valence-electron chi connectivity index (χ0n) is 10.6. The predicted octanol–water partition coefficient (Wildman–Crippen LogP) is 1.95. The Morgan fingerprint density at radius 2 is 2.11 bits per heavy atom. The minimum absolute atomic E-state index is 0.0761. The molecular formula is C13H13N3O3. The minimum atomic E-state index is -0.573. The molecule has 0 saturated carbocycles. The number of carbonyl (C=O) groups excluding carboxylic acids is 1. The molecule has 0 fully saturated rings. The second-order valence-electron chi connectivity index (χ2n) is 3.83. The molecule has 2 aromatic rings. The van der Waals surface area contributed by atoms with Crippen LogP contribution in [-0.4, -0.2) is 23.0 Å².